The third-order valence-corrected chi connectivity index (χ3v) is 2.59. The van der Waals surface area contributed by atoms with Gasteiger partial charge in [0.1, 0.15) is 5.76 Å². The third kappa shape index (κ3) is 2.71. The maximum absolute atomic E-state index is 5.72. The quantitative estimate of drug-likeness (QED) is 0.644. The minimum Gasteiger partial charge on any atom is -0.458 e. The lowest BCUT2D eigenvalue weighted by atomic mass is 10.2. The van der Waals surface area contributed by atoms with E-state index in [1.807, 2.05) is 12.2 Å². The summed E-state index contributed by atoms with van der Waals surface area (Å²) in [4.78, 5) is 0. The van der Waals surface area contributed by atoms with E-state index in [1.165, 1.54) is 0 Å². The lowest BCUT2D eigenvalue weighted by Crippen LogP contribution is -2.27. The molecular weight excluding hydrogens is 216 g/mol. The minimum atomic E-state index is -0.648. The second-order valence-corrected chi connectivity index (χ2v) is 3.76. The Labute approximate surface area is 101 Å². The normalized spacial score (nSPS) is 31.9. The fourth-order valence-electron chi connectivity index (χ4n) is 1.78. The first-order valence-electron chi connectivity index (χ1n) is 5.49. The molecule has 1 fully saturated rings. The van der Waals surface area contributed by atoms with Crippen molar-refractivity contribution < 1.29 is 14.2 Å². The molecule has 3 heteroatoms. The van der Waals surface area contributed by atoms with Crippen molar-refractivity contribution in [3.8, 4) is 23.7 Å². The van der Waals surface area contributed by atoms with Crippen molar-refractivity contribution in [3.05, 3.63) is 24.0 Å². The van der Waals surface area contributed by atoms with Crippen LogP contribution >= 0.6 is 0 Å². The molecule has 2 rings (SSSR count). The Hall–Kier alpha value is -1.68. The van der Waals surface area contributed by atoms with Gasteiger partial charge in [0.05, 0.1) is 0 Å². The van der Waals surface area contributed by atoms with Crippen LogP contribution in [0.3, 0.4) is 0 Å². The summed E-state index contributed by atoms with van der Waals surface area (Å²) in [7, 11) is 1.63. The molecule has 2 heterocycles. The molecule has 17 heavy (non-hydrogen) atoms. The molecule has 0 N–H and O–H groups in total. The van der Waals surface area contributed by atoms with Crippen LogP contribution < -0.4 is 0 Å². The predicted octanol–water partition coefficient (Wildman–Crippen LogP) is 1.96. The summed E-state index contributed by atoms with van der Waals surface area (Å²) in [5, 5.41) is 0. The van der Waals surface area contributed by atoms with Gasteiger partial charge in [-0.25, -0.2) is 0 Å². The van der Waals surface area contributed by atoms with E-state index >= 15 is 0 Å². The van der Waals surface area contributed by atoms with Gasteiger partial charge in [0.25, 0.3) is 0 Å². The molecule has 0 unspecified atom stereocenters. The van der Waals surface area contributed by atoms with Crippen molar-refractivity contribution in [3.63, 3.8) is 0 Å². The summed E-state index contributed by atoms with van der Waals surface area (Å²) in [5.74, 6) is 10.9. The van der Waals surface area contributed by atoms with E-state index in [4.69, 9.17) is 14.2 Å². The average molecular weight is 230 g/mol. The Morgan fingerprint density at radius 2 is 2.41 bits per heavy atom. The highest BCUT2D eigenvalue weighted by Gasteiger charge is 2.43. The smallest absolute Gasteiger partial charge is 0.233 e. The van der Waals surface area contributed by atoms with Gasteiger partial charge in [-0.2, -0.15) is 0 Å². The van der Waals surface area contributed by atoms with Gasteiger partial charge in [-0.3, -0.25) is 0 Å². The van der Waals surface area contributed by atoms with Crippen molar-refractivity contribution in [1.82, 2.24) is 0 Å². The third-order valence-electron chi connectivity index (χ3n) is 2.59. The average Bonchev–Trinajstić information content (AvgIpc) is 2.93. The fourth-order valence-corrected chi connectivity index (χ4v) is 1.78. The summed E-state index contributed by atoms with van der Waals surface area (Å²) in [6, 6.07) is 0. The van der Waals surface area contributed by atoms with Crippen LogP contribution in [0.25, 0.3) is 0 Å². The lowest BCUT2D eigenvalue weighted by molar-refractivity contribution is -0.218. The zero-order chi connectivity index (χ0) is 12.1. The van der Waals surface area contributed by atoms with Crippen molar-refractivity contribution in [2.45, 2.75) is 31.8 Å². The van der Waals surface area contributed by atoms with E-state index < -0.39 is 5.79 Å². The summed E-state index contributed by atoms with van der Waals surface area (Å²) in [6.45, 7) is 1.75. The maximum Gasteiger partial charge on any atom is 0.233 e. The first kappa shape index (κ1) is 11.8. The summed E-state index contributed by atoms with van der Waals surface area (Å²) >= 11 is 0. The standard InChI is InChI=1S/C14H14O3/c1-3-4-5-6-7-12-8-10-14(16-12)11-9-13(15-2)17-14/h7-8,10,13H,9,11H2,1-2H3/b12-7+/t13-,14+/m0/s1. The number of methoxy groups -OCH3 is 1. The van der Waals surface area contributed by atoms with E-state index in [0.717, 1.165) is 12.8 Å². The maximum atomic E-state index is 5.72. The Morgan fingerprint density at radius 1 is 1.53 bits per heavy atom. The molecule has 3 nitrogen and oxygen atoms in total. The van der Waals surface area contributed by atoms with Gasteiger partial charge >= 0.3 is 0 Å². The molecule has 2 atom stereocenters. The number of hydrogen-bond acceptors (Lipinski definition) is 3. The molecule has 88 valence electrons. The molecule has 0 aromatic rings. The molecule has 2 aliphatic heterocycles. The van der Waals surface area contributed by atoms with E-state index in [0.29, 0.717) is 5.76 Å². The number of rotatable bonds is 1. The molecule has 0 aliphatic carbocycles. The molecule has 0 aromatic heterocycles. The van der Waals surface area contributed by atoms with Gasteiger partial charge in [-0.05, 0) is 30.9 Å². The van der Waals surface area contributed by atoms with Crippen molar-refractivity contribution in [2.24, 2.45) is 0 Å². The molecule has 0 saturated carbocycles. The molecule has 0 bridgehead atoms. The molecule has 0 aromatic carbocycles. The van der Waals surface area contributed by atoms with Crippen LogP contribution in [0.5, 0.6) is 0 Å². The minimum absolute atomic E-state index is 0.184. The van der Waals surface area contributed by atoms with Crippen molar-refractivity contribution in [2.75, 3.05) is 7.11 Å². The van der Waals surface area contributed by atoms with Crippen LogP contribution in [0, 0.1) is 23.7 Å². The Morgan fingerprint density at radius 3 is 3.12 bits per heavy atom. The zero-order valence-electron chi connectivity index (χ0n) is 9.95. The Balaban J connectivity index is 1.99. The summed E-state index contributed by atoms with van der Waals surface area (Å²) < 4.78 is 16.5. The van der Waals surface area contributed by atoms with Gasteiger partial charge in [0.15, 0.2) is 6.29 Å². The molecule has 1 saturated heterocycles. The van der Waals surface area contributed by atoms with Gasteiger partial charge < -0.3 is 14.2 Å². The lowest BCUT2D eigenvalue weighted by Gasteiger charge is -2.22. The second-order valence-electron chi connectivity index (χ2n) is 3.76. The van der Waals surface area contributed by atoms with E-state index in [-0.39, 0.29) is 6.29 Å². The molecule has 2 aliphatic rings. The fraction of sp³-hybridized carbons (Fsp3) is 0.429. The number of hydrogen-bond donors (Lipinski definition) is 0. The number of ether oxygens (including phenoxy) is 3. The predicted molar refractivity (Wildman–Crippen MR) is 63.4 cm³/mol. The zero-order valence-corrected chi connectivity index (χ0v) is 9.95. The molecule has 1 spiro atoms. The van der Waals surface area contributed by atoms with Crippen LogP contribution in [-0.4, -0.2) is 19.2 Å². The summed E-state index contributed by atoms with van der Waals surface area (Å²) in [6.07, 6.45) is 6.91. The van der Waals surface area contributed by atoms with Crippen LogP contribution in [0.2, 0.25) is 0 Å². The molecular formula is C14H14O3. The highest BCUT2D eigenvalue weighted by molar-refractivity contribution is 5.35. The van der Waals surface area contributed by atoms with E-state index in [9.17, 15) is 0 Å². The van der Waals surface area contributed by atoms with Crippen molar-refractivity contribution in [1.29, 1.82) is 0 Å². The Kier molecular flexibility index (Phi) is 3.54. The van der Waals surface area contributed by atoms with Gasteiger partial charge in [-0.15, -0.1) is 0 Å². The van der Waals surface area contributed by atoms with Gasteiger partial charge in [0.2, 0.25) is 5.79 Å². The first-order chi connectivity index (χ1) is 8.28. The largest absolute Gasteiger partial charge is 0.458 e. The van der Waals surface area contributed by atoms with E-state index in [2.05, 4.69) is 23.7 Å². The first-order valence-corrected chi connectivity index (χ1v) is 5.49. The van der Waals surface area contributed by atoms with Crippen LogP contribution in [0.15, 0.2) is 24.0 Å². The van der Waals surface area contributed by atoms with Gasteiger partial charge in [0, 0.05) is 26.0 Å². The van der Waals surface area contributed by atoms with E-state index in [1.54, 1.807) is 20.1 Å². The summed E-state index contributed by atoms with van der Waals surface area (Å²) in [5.41, 5.74) is 0. The SMILES string of the molecule is CC#CC#C/C=C1\C=C[C@@]2(CC[C@@H](OC)O2)O1. The molecule has 0 amide bonds. The van der Waals surface area contributed by atoms with Gasteiger partial charge in [-0.1, -0.05) is 11.8 Å². The van der Waals surface area contributed by atoms with Crippen LogP contribution in [-0.2, 0) is 14.2 Å². The highest BCUT2D eigenvalue weighted by atomic mass is 16.8. The highest BCUT2D eigenvalue weighted by Crippen LogP contribution is 2.38. The van der Waals surface area contributed by atoms with Crippen molar-refractivity contribution >= 4 is 0 Å². The topological polar surface area (TPSA) is 27.7 Å². The monoisotopic (exact) mass is 230 g/mol. The Bertz CT molecular complexity index is 467. The van der Waals surface area contributed by atoms with Crippen LogP contribution in [0.4, 0.5) is 0 Å². The second kappa shape index (κ2) is 5.10. The number of allylic oxidation sites excluding steroid dienone is 2. The van der Waals surface area contributed by atoms with Crippen LogP contribution in [0.1, 0.15) is 19.8 Å². The molecule has 0 radical (unpaired) electrons.